The Morgan fingerprint density at radius 2 is 1.83 bits per heavy atom. The fourth-order valence-corrected chi connectivity index (χ4v) is 2.17. The number of ether oxygens (including phenoxy) is 2. The first-order valence-electron chi connectivity index (χ1n) is 7.43. The van der Waals surface area contributed by atoms with Gasteiger partial charge in [-0.25, -0.2) is 0 Å². The van der Waals surface area contributed by atoms with E-state index in [1.807, 2.05) is 13.0 Å². The third-order valence-electron chi connectivity index (χ3n) is 3.44. The van der Waals surface area contributed by atoms with Gasteiger partial charge < -0.3 is 20.5 Å². The Kier molecular flexibility index (Phi) is 5.42. The molecule has 1 atom stereocenters. The van der Waals surface area contributed by atoms with E-state index in [4.69, 9.17) is 15.2 Å². The molecule has 0 fully saturated rings. The van der Waals surface area contributed by atoms with Crippen LogP contribution in [0.5, 0.6) is 11.5 Å². The summed E-state index contributed by atoms with van der Waals surface area (Å²) in [6, 6.07) is 12.0. The number of hydrogen-bond donors (Lipinski definition) is 2. The van der Waals surface area contributed by atoms with Crippen LogP contribution in [0.4, 0.5) is 5.69 Å². The van der Waals surface area contributed by atoms with Gasteiger partial charge in [0.2, 0.25) is 0 Å². The van der Waals surface area contributed by atoms with Crippen LogP contribution >= 0.6 is 0 Å². The molecule has 2 aromatic rings. The van der Waals surface area contributed by atoms with E-state index in [1.165, 1.54) is 7.11 Å². The molecular weight excluding hydrogens is 308 g/mol. The predicted octanol–water partition coefficient (Wildman–Crippen LogP) is 2.51. The van der Waals surface area contributed by atoms with Gasteiger partial charge in [-0.1, -0.05) is 18.2 Å². The summed E-state index contributed by atoms with van der Waals surface area (Å²) in [6.45, 7) is 3.51. The van der Waals surface area contributed by atoms with Gasteiger partial charge >= 0.3 is 0 Å². The molecule has 0 saturated heterocycles. The van der Waals surface area contributed by atoms with Gasteiger partial charge in [-0.05, 0) is 43.7 Å². The average Bonchev–Trinajstić information content (AvgIpc) is 2.55. The third kappa shape index (κ3) is 4.04. The number of nitrogens with one attached hydrogen (secondary N) is 1. The summed E-state index contributed by atoms with van der Waals surface area (Å²) >= 11 is 0. The van der Waals surface area contributed by atoms with Gasteiger partial charge in [0.15, 0.2) is 6.10 Å². The van der Waals surface area contributed by atoms with Crippen molar-refractivity contribution in [2.75, 3.05) is 12.4 Å². The third-order valence-corrected chi connectivity index (χ3v) is 3.44. The number of carbonyl (C=O) groups excluding carboxylic acids is 2. The van der Waals surface area contributed by atoms with E-state index in [2.05, 4.69) is 5.32 Å². The predicted molar refractivity (Wildman–Crippen MR) is 91.4 cm³/mol. The first kappa shape index (κ1) is 17.3. The standard InChI is InChI=1S/C18H20N2O4/c1-11-8-9-16(23-3)14(10-11)20-18(22)12(2)24-15-7-5-4-6-13(15)17(19)21/h4-10,12H,1-3H3,(H2,19,21)(H,20,22)/t12-/m1/s1. The summed E-state index contributed by atoms with van der Waals surface area (Å²) in [6.07, 6.45) is -0.823. The van der Waals surface area contributed by atoms with Crippen LogP contribution in [0.25, 0.3) is 0 Å². The van der Waals surface area contributed by atoms with Crippen molar-refractivity contribution in [2.45, 2.75) is 20.0 Å². The first-order valence-corrected chi connectivity index (χ1v) is 7.43. The van der Waals surface area contributed by atoms with Crippen LogP contribution in [0.15, 0.2) is 42.5 Å². The van der Waals surface area contributed by atoms with Crippen LogP contribution in [0.1, 0.15) is 22.8 Å². The van der Waals surface area contributed by atoms with Crippen LogP contribution in [0.3, 0.4) is 0 Å². The number of anilines is 1. The molecule has 24 heavy (non-hydrogen) atoms. The van der Waals surface area contributed by atoms with Crippen molar-refractivity contribution in [1.29, 1.82) is 0 Å². The summed E-state index contributed by atoms with van der Waals surface area (Å²) in [4.78, 5) is 23.8. The summed E-state index contributed by atoms with van der Waals surface area (Å²) < 4.78 is 10.8. The highest BCUT2D eigenvalue weighted by Gasteiger charge is 2.19. The zero-order valence-electron chi connectivity index (χ0n) is 13.8. The zero-order valence-corrected chi connectivity index (χ0v) is 13.8. The van der Waals surface area contributed by atoms with Gasteiger partial charge in [0.25, 0.3) is 11.8 Å². The largest absolute Gasteiger partial charge is 0.495 e. The lowest BCUT2D eigenvalue weighted by molar-refractivity contribution is -0.122. The number of rotatable bonds is 6. The number of primary amides is 1. The summed E-state index contributed by atoms with van der Waals surface area (Å²) in [7, 11) is 1.53. The molecule has 3 N–H and O–H groups in total. The lowest BCUT2D eigenvalue weighted by Gasteiger charge is -2.17. The molecule has 0 aromatic heterocycles. The highest BCUT2D eigenvalue weighted by Crippen LogP contribution is 2.26. The molecule has 0 bridgehead atoms. The fourth-order valence-electron chi connectivity index (χ4n) is 2.17. The van der Waals surface area contributed by atoms with E-state index < -0.39 is 12.0 Å². The Morgan fingerprint density at radius 3 is 2.50 bits per heavy atom. The highest BCUT2D eigenvalue weighted by molar-refractivity contribution is 5.97. The molecule has 0 aliphatic rings. The average molecular weight is 328 g/mol. The second kappa shape index (κ2) is 7.50. The van der Waals surface area contributed by atoms with Crippen molar-refractivity contribution in [2.24, 2.45) is 5.73 Å². The maximum Gasteiger partial charge on any atom is 0.265 e. The molecule has 2 aromatic carbocycles. The van der Waals surface area contributed by atoms with Gasteiger partial charge in [-0.3, -0.25) is 9.59 Å². The van der Waals surface area contributed by atoms with E-state index in [0.29, 0.717) is 11.4 Å². The zero-order chi connectivity index (χ0) is 17.7. The van der Waals surface area contributed by atoms with Crippen molar-refractivity contribution >= 4 is 17.5 Å². The van der Waals surface area contributed by atoms with Crippen molar-refractivity contribution in [3.05, 3.63) is 53.6 Å². The number of amides is 2. The maximum absolute atomic E-state index is 12.4. The molecule has 0 saturated carbocycles. The van der Waals surface area contributed by atoms with Gasteiger partial charge in [0, 0.05) is 0 Å². The second-order valence-corrected chi connectivity index (χ2v) is 5.31. The summed E-state index contributed by atoms with van der Waals surface area (Å²) in [5, 5.41) is 2.77. The maximum atomic E-state index is 12.4. The van der Waals surface area contributed by atoms with Crippen LogP contribution < -0.4 is 20.5 Å². The lowest BCUT2D eigenvalue weighted by Crippen LogP contribution is -2.31. The van der Waals surface area contributed by atoms with E-state index in [1.54, 1.807) is 43.3 Å². The Morgan fingerprint density at radius 1 is 1.12 bits per heavy atom. The normalized spacial score (nSPS) is 11.5. The Balaban J connectivity index is 2.14. The molecule has 0 unspecified atom stereocenters. The molecule has 2 amide bonds. The minimum absolute atomic E-state index is 0.227. The quantitative estimate of drug-likeness (QED) is 0.852. The molecule has 0 aliphatic heterocycles. The van der Waals surface area contributed by atoms with Crippen molar-refractivity contribution in [1.82, 2.24) is 0 Å². The van der Waals surface area contributed by atoms with Crippen molar-refractivity contribution < 1.29 is 19.1 Å². The van der Waals surface area contributed by atoms with Crippen LogP contribution in [-0.2, 0) is 4.79 Å². The molecule has 6 heteroatoms. The fraction of sp³-hybridized carbons (Fsp3) is 0.222. The number of nitrogens with two attached hydrogens (primary N) is 1. The molecule has 126 valence electrons. The topological polar surface area (TPSA) is 90.7 Å². The van der Waals surface area contributed by atoms with Crippen molar-refractivity contribution in [3.63, 3.8) is 0 Å². The number of carbonyl (C=O) groups is 2. The molecular formula is C18H20N2O4. The number of benzene rings is 2. The Bertz CT molecular complexity index is 758. The Hall–Kier alpha value is -3.02. The molecule has 0 radical (unpaired) electrons. The van der Waals surface area contributed by atoms with Gasteiger partial charge in [0.05, 0.1) is 18.4 Å². The molecule has 0 heterocycles. The number of para-hydroxylation sites is 1. The van der Waals surface area contributed by atoms with Crippen molar-refractivity contribution in [3.8, 4) is 11.5 Å². The molecule has 0 spiro atoms. The molecule has 2 rings (SSSR count). The first-order chi connectivity index (χ1) is 11.4. The van der Waals surface area contributed by atoms with E-state index in [0.717, 1.165) is 5.56 Å². The van der Waals surface area contributed by atoms with Crippen LogP contribution in [0.2, 0.25) is 0 Å². The lowest BCUT2D eigenvalue weighted by atomic mass is 10.2. The molecule has 0 aliphatic carbocycles. The van der Waals surface area contributed by atoms with Crippen LogP contribution in [-0.4, -0.2) is 25.0 Å². The minimum atomic E-state index is -0.823. The monoisotopic (exact) mass is 328 g/mol. The van der Waals surface area contributed by atoms with E-state index in [9.17, 15) is 9.59 Å². The smallest absolute Gasteiger partial charge is 0.265 e. The molecule has 6 nitrogen and oxygen atoms in total. The summed E-state index contributed by atoms with van der Waals surface area (Å²) in [5.74, 6) is -0.153. The van der Waals surface area contributed by atoms with Gasteiger partial charge in [0.1, 0.15) is 11.5 Å². The number of methoxy groups -OCH3 is 1. The number of aryl methyl sites for hydroxylation is 1. The summed E-state index contributed by atoms with van der Waals surface area (Å²) in [5.41, 5.74) is 7.08. The van der Waals surface area contributed by atoms with Gasteiger partial charge in [-0.2, -0.15) is 0 Å². The minimum Gasteiger partial charge on any atom is -0.495 e. The second-order valence-electron chi connectivity index (χ2n) is 5.31. The van der Waals surface area contributed by atoms with Gasteiger partial charge in [-0.15, -0.1) is 0 Å². The van der Waals surface area contributed by atoms with Crippen LogP contribution in [0, 0.1) is 6.92 Å². The SMILES string of the molecule is COc1ccc(C)cc1NC(=O)[C@@H](C)Oc1ccccc1C(N)=O. The number of hydrogen-bond acceptors (Lipinski definition) is 4. The van der Waals surface area contributed by atoms with E-state index >= 15 is 0 Å². The highest BCUT2D eigenvalue weighted by atomic mass is 16.5. The van der Waals surface area contributed by atoms with E-state index in [-0.39, 0.29) is 17.2 Å². The Labute approximate surface area is 140 Å².